The molecule has 0 atom stereocenters. The average Bonchev–Trinajstić information content (AvgIpc) is 2.52. The highest BCUT2D eigenvalue weighted by Crippen LogP contribution is 2.32. The number of hydrogen-bond acceptors (Lipinski definition) is 3. The molecule has 0 bridgehead atoms. The third kappa shape index (κ3) is 4.27. The number of carbonyl (C=O) groups excluding carboxylic acids is 1. The molecule has 2 N–H and O–H groups in total. The number of primary amides is 1. The van der Waals surface area contributed by atoms with Gasteiger partial charge in [0.2, 0.25) is 5.91 Å². The number of methoxy groups -OCH3 is 1. The van der Waals surface area contributed by atoms with Crippen molar-refractivity contribution >= 4 is 23.6 Å². The van der Waals surface area contributed by atoms with Gasteiger partial charge in [-0.15, -0.1) is 0 Å². The second-order valence-electron chi connectivity index (χ2n) is 4.53. The summed E-state index contributed by atoms with van der Waals surface area (Å²) in [7, 11) is 1.56. The van der Waals surface area contributed by atoms with E-state index in [1.165, 1.54) is 6.08 Å². The first kappa shape index (κ1) is 15.9. The van der Waals surface area contributed by atoms with Crippen LogP contribution in [0.2, 0.25) is 5.02 Å². The Bertz CT molecular complexity index is 681. The second kappa shape index (κ2) is 7.52. The van der Waals surface area contributed by atoms with E-state index < -0.39 is 5.91 Å². The Kier molecular flexibility index (Phi) is 5.44. The maximum atomic E-state index is 10.9. The van der Waals surface area contributed by atoms with Gasteiger partial charge in [-0.05, 0) is 29.8 Å². The number of benzene rings is 2. The first-order valence-electron chi connectivity index (χ1n) is 6.62. The van der Waals surface area contributed by atoms with Gasteiger partial charge in [0.25, 0.3) is 0 Å². The van der Waals surface area contributed by atoms with Crippen molar-refractivity contribution in [2.45, 2.75) is 6.61 Å². The summed E-state index contributed by atoms with van der Waals surface area (Å²) in [5.41, 5.74) is 6.82. The van der Waals surface area contributed by atoms with E-state index in [1.807, 2.05) is 24.3 Å². The third-order valence-electron chi connectivity index (χ3n) is 2.95. The number of carbonyl (C=O) groups is 1. The Morgan fingerprint density at radius 1 is 1.23 bits per heavy atom. The van der Waals surface area contributed by atoms with Crippen molar-refractivity contribution in [3.8, 4) is 11.5 Å². The molecule has 0 unspecified atom stereocenters. The predicted octanol–water partition coefficient (Wildman–Crippen LogP) is 3.43. The highest BCUT2D eigenvalue weighted by molar-refractivity contribution is 6.30. The van der Waals surface area contributed by atoms with Gasteiger partial charge in [0, 0.05) is 16.7 Å². The van der Waals surface area contributed by atoms with E-state index in [1.54, 1.807) is 31.4 Å². The van der Waals surface area contributed by atoms with Crippen molar-refractivity contribution in [1.82, 2.24) is 0 Å². The van der Waals surface area contributed by atoms with Crippen molar-refractivity contribution in [2.24, 2.45) is 5.73 Å². The molecule has 0 aromatic heterocycles. The number of amides is 1. The summed E-state index contributed by atoms with van der Waals surface area (Å²) >= 11 is 5.86. The van der Waals surface area contributed by atoms with Crippen LogP contribution in [0.1, 0.15) is 11.1 Å². The maximum Gasteiger partial charge on any atom is 0.241 e. The zero-order valence-electron chi connectivity index (χ0n) is 12.1. The highest BCUT2D eigenvalue weighted by Gasteiger charge is 2.09. The van der Waals surface area contributed by atoms with E-state index in [2.05, 4.69) is 0 Å². The molecule has 0 fully saturated rings. The first-order chi connectivity index (χ1) is 10.6. The molecule has 0 aliphatic heterocycles. The molecular formula is C17H16ClNO3. The lowest BCUT2D eigenvalue weighted by Crippen LogP contribution is -2.05. The lowest BCUT2D eigenvalue weighted by atomic mass is 10.1. The zero-order valence-corrected chi connectivity index (χ0v) is 12.8. The molecule has 5 heteroatoms. The van der Waals surface area contributed by atoms with E-state index >= 15 is 0 Å². The molecule has 2 aromatic rings. The van der Waals surface area contributed by atoms with E-state index in [9.17, 15) is 4.79 Å². The van der Waals surface area contributed by atoms with Crippen LogP contribution in [-0.2, 0) is 11.4 Å². The standard InChI is InChI=1S/C17H16ClNO3/c1-21-15-4-2-3-13(7-10-16(19)20)17(15)22-11-12-5-8-14(18)9-6-12/h2-10H,11H2,1H3,(H2,19,20)/b10-7+. The number of hydrogen-bond donors (Lipinski definition) is 1. The van der Waals surface area contributed by atoms with Gasteiger partial charge in [-0.1, -0.05) is 35.9 Å². The molecule has 2 aromatic carbocycles. The molecule has 0 heterocycles. The fourth-order valence-corrected chi connectivity index (χ4v) is 2.01. The minimum atomic E-state index is -0.522. The first-order valence-corrected chi connectivity index (χ1v) is 6.99. The predicted molar refractivity (Wildman–Crippen MR) is 87.0 cm³/mol. The van der Waals surface area contributed by atoms with Crippen molar-refractivity contribution in [1.29, 1.82) is 0 Å². The molecule has 4 nitrogen and oxygen atoms in total. The van der Waals surface area contributed by atoms with Gasteiger partial charge in [-0.2, -0.15) is 0 Å². The fraction of sp³-hybridized carbons (Fsp3) is 0.118. The SMILES string of the molecule is COc1cccc(/C=C/C(N)=O)c1OCc1ccc(Cl)cc1. The Hall–Kier alpha value is -2.46. The van der Waals surface area contributed by atoms with E-state index in [0.717, 1.165) is 5.56 Å². The van der Waals surface area contributed by atoms with Crippen molar-refractivity contribution < 1.29 is 14.3 Å². The van der Waals surface area contributed by atoms with Crippen LogP contribution in [0, 0.1) is 0 Å². The number of halogens is 1. The van der Waals surface area contributed by atoms with Gasteiger partial charge < -0.3 is 15.2 Å². The minimum absolute atomic E-state index is 0.356. The summed E-state index contributed by atoms with van der Waals surface area (Å²) in [5, 5.41) is 0.672. The quantitative estimate of drug-likeness (QED) is 0.830. The Labute approximate surface area is 134 Å². The van der Waals surface area contributed by atoms with Gasteiger partial charge >= 0.3 is 0 Å². The molecule has 114 valence electrons. The topological polar surface area (TPSA) is 61.5 Å². The monoisotopic (exact) mass is 317 g/mol. The highest BCUT2D eigenvalue weighted by atomic mass is 35.5. The molecular weight excluding hydrogens is 302 g/mol. The average molecular weight is 318 g/mol. The van der Waals surface area contributed by atoms with Crippen LogP contribution in [0.4, 0.5) is 0 Å². The molecule has 0 saturated heterocycles. The fourth-order valence-electron chi connectivity index (χ4n) is 1.89. The smallest absolute Gasteiger partial charge is 0.241 e. The molecule has 0 spiro atoms. The van der Waals surface area contributed by atoms with Gasteiger partial charge in [-0.3, -0.25) is 4.79 Å². The molecule has 1 amide bonds. The Balaban J connectivity index is 2.23. The maximum absolute atomic E-state index is 10.9. The van der Waals surface area contributed by atoms with Gasteiger partial charge in [0.15, 0.2) is 11.5 Å². The van der Waals surface area contributed by atoms with Crippen LogP contribution >= 0.6 is 11.6 Å². The number of ether oxygens (including phenoxy) is 2. The van der Waals surface area contributed by atoms with E-state index in [4.69, 9.17) is 26.8 Å². The van der Waals surface area contributed by atoms with E-state index in [-0.39, 0.29) is 0 Å². The van der Waals surface area contributed by atoms with Crippen LogP contribution in [0.5, 0.6) is 11.5 Å². The van der Waals surface area contributed by atoms with Crippen molar-refractivity contribution in [2.75, 3.05) is 7.11 Å². The van der Waals surface area contributed by atoms with Crippen LogP contribution in [0.3, 0.4) is 0 Å². The summed E-state index contributed by atoms with van der Waals surface area (Å²) < 4.78 is 11.2. The third-order valence-corrected chi connectivity index (χ3v) is 3.20. The lowest BCUT2D eigenvalue weighted by Gasteiger charge is -2.13. The number of para-hydroxylation sites is 1. The van der Waals surface area contributed by atoms with Gasteiger partial charge in [0.05, 0.1) is 7.11 Å². The molecule has 22 heavy (non-hydrogen) atoms. The molecule has 0 aliphatic carbocycles. The van der Waals surface area contributed by atoms with Crippen molar-refractivity contribution in [3.05, 3.63) is 64.7 Å². The lowest BCUT2D eigenvalue weighted by molar-refractivity contribution is -0.113. The molecule has 0 saturated carbocycles. The second-order valence-corrected chi connectivity index (χ2v) is 4.97. The summed E-state index contributed by atoms with van der Waals surface area (Å²) in [6.07, 6.45) is 2.88. The summed E-state index contributed by atoms with van der Waals surface area (Å²) in [4.78, 5) is 10.9. The molecule has 0 aliphatic rings. The Morgan fingerprint density at radius 2 is 1.95 bits per heavy atom. The number of rotatable bonds is 6. The van der Waals surface area contributed by atoms with Crippen LogP contribution in [0.15, 0.2) is 48.5 Å². The minimum Gasteiger partial charge on any atom is -0.493 e. The molecule has 2 rings (SSSR count). The normalized spacial score (nSPS) is 10.6. The Morgan fingerprint density at radius 3 is 2.59 bits per heavy atom. The number of nitrogens with two attached hydrogens (primary N) is 1. The van der Waals surface area contributed by atoms with Gasteiger partial charge in [-0.25, -0.2) is 0 Å². The summed E-state index contributed by atoms with van der Waals surface area (Å²) in [6, 6.07) is 12.8. The van der Waals surface area contributed by atoms with Crippen LogP contribution < -0.4 is 15.2 Å². The summed E-state index contributed by atoms with van der Waals surface area (Å²) in [6.45, 7) is 0.356. The van der Waals surface area contributed by atoms with Crippen LogP contribution in [0.25, 0.3) is 6.08 Å². The molecule has 0 radical (unpaired) electrons. The van der Waals surface area contributed by atoms with Crippen molar-refractivity contribution in [3.63, 3.8) is 0 Å². The zero-order chi connectivity index (χ0) is 15.9. The summed E-state index contributed by atoms with van der Waals surface area (Å²) in [5.74, 6) is 0.615. The van der Waals surface area contributed by atoms with Gasteiger partial charge in [0.1, 0.15) is 6.61 Å². The largest absolute Gasteiger partial charge is 0.493 e. The van der Waals surface area contributed by atoms with E-state index in [0.29, 0.717) is 28.7 Å². The van der Waals surface area contributed by atoms with Crippen LogP contribution in [-0.4, -0.2) is 13.0 Å².